The molecule has 0 saturated carbocycles. The monoisotopic (exact) mass is 300 g/mol. The van der Waals surface area contributed by atoms with Crippen molar-refractivity contribution in [1.82, 2.24) is 4.90 Å². The lowest BCUT2D eigenvalue weighted by Crippen LogP contribution is -2.31. The topological polar surface area (TPSA) is 47.7 Å². The third-order valence-corrected chi connectivity index (χ3v) is 3.85. The molecule has 2 unspecified atom stereocenters. The Balaban J connectivity index is 2.28. The highest BCUT2D eigenvalue weighted by Gasteiger charge is 2.23. The lowest BCUT2D eigenvalue weighted by molar-refractivity contribution is 0.259. The Labute approximate surface area is 132 Å². The minimum absolute atomic E-state index is 0.0827. The van der Waals surface area contributed by atoms with Gasteiger partial charge in [0.15, 0.2) is 0 Å². The molecular formula is C18H24N2O2. The van der Waals surface area contributed by atoms with Crippen LogP contribution in [-0.2, 0) is 0 Å². The maximum Gasteiger partial charge on any atom is 0.118 e. The summed E-state index contributed by atoms with van der Waals surface area (Å²) in [5.41, 5.74) is 8.76. The number of hydrogen-bond acceptors (Lipinski definition) is 4. The van der Waals surface area contributed by atoms with Gasteiger partial charge in [-0.25, -0.2) is 0 Å². The van der Waals surface area contributed by atoms with Gasteiger partial charge < -0.3 is 20.1 Å². The SMILES string of the molecule is COc1ccc(C(N)C(c2ccc(OC)cc2)N(C)C)cc1. The Morgan fingerprint density at radius 3 is 1.55 bits per heavy atom. The third kappa shape index (κ3) is 3.59. The molecule has 2 N–H and O–H groups in total. The third-order valence-electron chi connectivity index (χ3n) is 3.85. The van der Waals surface area contributed by atoms with E-state index in [-0.39, 0.29) is 12.1 Å². The molecule has 0 radical (unpaired) electrons. The lowest BCUT2D eigenvalue weighted by atomic mass is 9.93. The van der Waals surface area contributed by atoms with E-state index in [1.54, 1.807) is 14.2 Å². The zero-order valence-electron chi connectivity index (χ0n) is 13.6. The van der Waals surface area contributed by atoms with Crippen molar-refractivity contribution in [1.29, 1.82) is 0 Å². The minimum Gasteiger partial charge on any atom is -0.497 e. The highest BCUT2D eigenvalue weighted by molar-refractivity contribution is 5.34. The number of ether oxygens (including phenoxy) is 2. The first kappa shape index (κ1) is 16.3. The van der Waals surface area contributed by atoms with E-state index < -0.39 is 0 Å². The van der Waals surface area contributed by atoms with Gasteiger partial charge in [-0.1, -0.05) is 24.3 Å². The number of nitrogens with two attached hydrogens (primary N) is 1. The van der Waals surface area contributed by atoms with Gasteiger partial charge in [-0.15, -0.1) is 0 Å². The zero-order chi connectivity index (χ0) is 16.1. The summed E-state index contributed by atoms with van der Waals surface area (Å²) >= 11 is 0. The van der Waals surface area contributed by atoms with Crippen molar-refractivity contribution < 1.29 is 9.47 Å². The Morgan fingerprint density at radius 2 is 1.18 bits per heavy atom. The summed E-state index contributed by atoms with van der Waals surface area (Å²) in [7, 11) is 7.41. The molecule has 0 spiro atoms. The summed E-state index contributed by atoms with van der Waals surface area (Å²) in [6, 6.07) is 15.9. The number of likely N-dealkylation sites (N-methyl/N-ethyl adjacent to an activating group) is 1. The highest BCUT2D eigenvalue weighted by Crippen LogP contribution is 2.32. The molecular weight excluding hydrogens is 276 g/mol. The van der Waals surface area contributed by atoms with Crippen molar-refractivity contribution in [2.24, 2.45) is 5.73 Å². The van der Waals surface area contributed by atoms with Crippen LogP contribution in [0.25, 0.3) is 0 Å². The summed E-state index contributed by atoms with van der Waals surface area (Å²) in [6.07, 6.45) is 0. The van der Waals surface area contributed by atoms with Crippen molar-refractivity contribution in [2.75, 3.05) is 28.3 Å². The summed E-state index contributed by atoms with van der Waals surface area (Å²) in [5.74, 6) is 1.68. The van der Waals surface area contributed by atoms with E-state index in [4.69, 9.17) is 15.2 Å². The highest BCUT2D eigenvalue weighted by atomic mass is 16.5. The lowest BCUT2D eigenvalue weighted by Gasteiger charge is -2.31. The summed E-state index contributed by atoms with van der Waals surface area (Å²) < 4.78 is 10.4. The molecule has 0 aliphatic heterocycles. The maximum atomic E-state index is 6.52. The van der Waals surface area contributed by atoms with E-state index in [0.717, 1.165) is 22.6 Å². The van der Waals surface area contributed by atoms with E-state index in [9.17, 15) is 0 Å². The predicted molar refractivity (Wildman–Crippen MR) is 89.3 cm³/mol. The summed E-state index contributed by atoms with van der Waals surface area (Å²) in [6.45, 7) is 0. The Kier molecular flexibility index (Phi) is 5.41. The van der Waals surface area contributed by atoms with Gasteiger partial charge in [0.25, 0.3) is 0 Å². The molecule has 0 heterocycles. The van der Waals surface area contributed by atoms with Crippen LogP contribution in [-0.4, -0.2) is 33.2 Å². The normalized spacial score (nSPS) is 13.7. The van der Waals surface area contributed by atoms with Crippen LogP contribution in [0, 0.1) is 0 Å². The number of benzene rings is 2. The summed E-state index contributed by atoms with van der Waals surface area (Å²) in [5, 5.41) is 0. The molecule has 0 aliphatic carbocycles. The maximum absolute atomic E-state index is 6.52. The molecule has 2 aromatic rings. The fourth-order valence-electron chi connectivity index (χ4n) is 2.64. The van der Waals surface area contributed by atoms with E-state index in [0.29, 0.717) is 0 Å². The van der Waals surface area contributed by atoms with E-state index in [1.807, 2.05) is 50.5 Å². The van der Waals surface area contributed by atoms with Gasteiger partial charge in [0, 0.05) is 6.04 Å². The average molecular weight is 300 g/mol. The fourth-order valence-corrected chi connectivity index (χ4v) is 2.64. The number of nitrogens with zero attached hydrogens (tertiary/aromatic N) is 1. The average Bonchev–Trinajstić information content (AvgIpc) is 2.55. The zero-order valence-corrected chi connectivity index (χ0v) is 13.6. The van der Waals surface area contributed by atoms with Crippen LogP contribution < -0.4 is 15.2 Å². The molecule has 118 valence electrons. The number of rotatable bonds is 6. The second kappa shape index (κ2) is 7.29. The molecule has 0 saturated heterocycles. The quantitative estimate of drug-likeness (QED) is 0.891. The van der Waals surface area contributed by atoms with Crippen molar-refractivity contribution in [2.45, 2.75) is 12.1 Å². The van der Waals surface area contributed by atoms with Crippen LogP contribution in [0.3, 0.4) is 0 Å². The number of hydrogen-bond donors (Lipinski definition) is 1. The van der Waals surface area contributed by atoms with Crippen molar-refractivity contribution in [3.05, 3.63) is 59.7 Å². The standard InChI is InChI=1S/C18H24N2O2/c1-20(2)18(14-7-11-16(22-4)12-8-14)17(19)13-5-9-15(21-3)10-6-13/h5-12,17-18H,19H2,1-4H3. The van der Waals surface area contributed by atoms with Gasteiger partial charge in [0.05, 0.1) is 20.3 Å². The second-order valence-corrected chi connectivity index (χ2v) is 5.48. The van der Waals surface area contributed by atoms with E-state index in [1.165, 1.54) is 0 Å². The van der Waals surface area contributed by atoms with Gasteiger partial charge in [0.2, 0.25) is 0 Å². The molecule has 0 amide bonds. The van der Waals surface area contributed by atoms with Crippen molar-refractivity contribution in [3.8, 4) is 11.5 Å². The van der Waals surface area contributed by atoms with Gasteiger partial charge in [0.1, 0.15) is 11.5 Å². The van der Waals surface area contributed by atoms with E-state index in [2.05, 4.69) is 17.0 Å². The first-order chi connectivity index (χ1) is 10.6. The minimum atomic E-state index is -0.130. The molecule has 0 aliphatic rings. The van der Waals surface area contributed by atoms with Crippen LogP contribution in [0.15, 0.2) is 48.5 Å². The van der Waals surface area contributed by atoms with Crippen molar-refractivity contribution >= 4 is 0 Å². The number of methoxy groups -OCH3 is 2. The van der Waals surface area contributed by atoms with E-state index >= 15 is 0 Å². The largest absolute Gasteiger partial charge is 0.497 e. The van der Waals surface area contributed by atoms with Crippen LogP contribution in [0.5, 0.6) is 11.5 Å². The smallest absolute Gasteiger partial charge is 0.118 e. The first-order valence-electron chi connectivity index (χ1n) is 7.26. The molecule has 2 atom stereocenters. The molecule has 4 heteroatoms. The molecule has 22 heavy (non-hydrogen) atoms. The van der Waals surface area contributed by atoms with Crippen LogP contribution in [0.2, 0.25) is 0 Å². The fraction of sp³-hybridized carbons (Fsp3) is 0.333. The molecule has 0 bridgehead atoms. The van der Waals surface area contributed by atoms with Gasteiger partial charge >= 0.3 is 0 Å². The molecule has 0 aromatic heterocycles. The van der Waals surface area contributed by atoms with Crippen LogP contribution in [0.4, 0.5) is 0 Å². The molecule has 4 nitrogen and oxygen atoms in total. The van der Waals surface area contributed by atoms with Gasteiger partial charge in [-0.3, -0.25) is 0 Å². The second-order valence-electron chi connectivity index (χ2n) is 5.48. The molecule has 2 aromatic carbocycles. The van der Waals surface area contributed by atoms with Crippen LogP contribution in [0.1, 0.15) is 23.2 Å². The predicted octanol–water partition coefficient (Wildman–Crippen LogP) is 3.01. The van der Waals surface area contributed by atoms with Crippen LogP contribution >= 0.6 is 0 Å². The molecule has 2 rings (SSSR count). The Hall–Kier alpha value is -2.04. The Morgan fingerprint density at radius 1 is 0.773 bits per heavy atom. The van der Waals surface area contributed by atoms with Gasteiger partial charge in [-0.2, -0.15) is 0 Å². The van der Waals surface area contributed by atoms with Gasteiger partial charge in [-0.05, 0) is 49.5 Å². The van der Waals surface area contributed by atoms with Crippen molar-refractivity contribution in [3.63, 3.8) is 0 Å². The Bertz CT molecular complexity index is 579. The molecule has 0 fully saturated rings. The first-order valence-corrected chi connectivity index (χ1v) is 7.26. The summed E-state index contributed by atoms with van der Waals surface area (Å²) in [4.78, 5) is 2.14.